The molecule has 0 saturated heterocycles. The number of hydrogen-bond acceptors (Lipinski definition) is 5. The molecule has 0 radical (unpaired) electrons. The molecule has 1 heterocycles. The zero-order valence-electron chi connectivity index (χ0n) is 9.47. The number of rotatable bonds is 4. The largest absolute Gasteiger partial charge is 0.478 e. The molecule has 3 amide bonds. The highest BCUT2D eigenvalue weighted by Crippen LogP contribution is 2.10. The second kappa shape index (κ2) is 6.50. The molecule has 8 heteroatoms. The summed E-state index contributed by atoms with van der Waals surface area (Å²) >= 11 is 1.43. The number of nitrogens with one attached hydrogen (secondary N) is 2. The second-order valence-electron chi connectivity index (χ2n) is 3.21. The molecule has 0 fully saturated rings. The molecule has 0 saturated carbocycles. The minimum Gasteiger partial charge on any atom is -0.478 e. The third-order valence-corrected chi connectivity index (χ3v) is 2.60. The van der Waals surface area contributed by atoms with Gasteiger partial charge in [-0.3, -0.25) is 10.1 Å². The number of carbonyl (C=O) groups is 3. The molecule has 0 spiro atoms. The van der Waals surface area contributed by atoms with E-state index in [2.05, 4.69) is 10.3 Å². The van der Waals surface area contributed by atoms with E-state index in [1.165, 1.54) is 11.3 Å². The molecule has 1 rings (SSSR count). The molecule has 0 aliphatic carbocycles. The maximum absolute atomic E-state index is 11.2. The maximum Gasteiger partial charge on any atom is 0.328 e. The van der Waals surface area contributed by atoms with Gasteiger partial charge in [-0.2, -0.15) is 0 Å². The number of imide groups is 1. The lowest BCUT2D eigenvalue weighted by Crippen LogP contribution is -2.38. The number of amides is 3. The number of nitrogens with zero attached hydrogens (tertiary/aromatic N) is 1. The van der Waals surface area contributed by atoms with Crippen LogP contribution in [0.3, 0.4) is 0 Å². The summed E-state index contributed by atoms with van der Waals surface area (Å²) in [4.78, 5) is 37.4. The summed E-state index contributed by atoms with van der Waals surface area (Å²) in [5.74, 6) is -2.06. The van der Waals surface area contributed by atoms with Gasteiger partial charge in [0.05, 0.1) is 6.54 Å². The molecule has 0 unspecified atom stereocenters. The van der Waals surface area contributed by atoms with Crippen molar-refractivity contribution in [2.45, 2.75) is 13.5 Å². The van der Waals surface area contributed by atoms with Crippen molar-refractivity contribution in [3.8, 4) is 0 Å². The molecular weight excluding hydrogens is 258 g/mol. The lowest BCUT2D eigenvalue weighted by Gasteiger charge is -2.02. The molecule has 0 bridgehead atoms. The van der Waals surface area contributed by atoms with Crippen LogP contribution >= 0.6 is 11.3 Å². The van der Waals surface area contributed by atoms with E-state index < -0.39 is 17.9 Å². The van der Waals surface area contributed by atoms with Gasteiger partial charge in [0.15, 0.2) is 0 Å². The van der Waals surface area contributed by atoms with E-state index >= 15 is 0 Å². The highest BCUT2D eigenvalue weighted by molar-refractivity contribution is 7.11. The van der Waals surface area contributed by atoms with Crippen LogP contribution in [0.1, 0.15) is 9.88 Å². The average Bonchev–Trinajstić information content (AvgIpc) is 2.70. The van der Waals surface area contributed by atoms with E-state index in [4.69, 9.17) is 5.11 Å². The highest BCUT2D eigenvalue weighted by Gasteiger charge is 2.06. The number of aromatic nitrogens is 1. The van der Waals surface area contributed by atoms with E-state index in [-0.39, 0.29) is 6.54 Å². The fourth-order valence-corrected chi connectivity index (χ4v) is 1.71. The third kappa shape index (κ3) is 5.21. The normalized spacial score (nSPS) is 10.3. The number of carboxylic acid groups (broad SMARTS) is 1. The topological polar surface area (TPSA) is 108 Å². The van der Waals surface area contributed by atoms with Crippen LogP contribution in [-0.4, -0.2) is 28.0 Å². The molecule has 1 aromatic rings. The molecule has 0 aromatic carbocycles. The summed E-state index contributed by atoms with van der Waals surface area (Å²) in [5.41, 5.74) is 0. The fourth-order valence-electron chi connectivity index (χ4n) is 0.984. The summed E-state index contributed by atoms with van der Waals surface area (Å²) in [6, 6.07) is -0.706. The number of carbonyl (C=O) groups excluding carboxylic acids is 2. The van der Waals surface area contributed by atoms with Crippen LogP contribution in [0, 0.1) is 6.92 Å². The standard InChI is InChI=1S/C10H11N3O4S/c1-6-4-11-8(18-6)5-12-10(17)13-7(14)2-3-9(15)16/h2-4H,5H2,1H3,(H,15,16)(H2,12,13,14,17)/b3-2+. The van der Waals surface area contributed by atoms with Crippen molar-refractivity contribution in [3.63, 3.8) is 0 Å². The molecule has 0 aliphatic heterocycles. The molecule has 7 nitrogen and oxygen atoms in total. The summed E-state index contributed by atoms with van der Waals surface area (Å²) in [6.45, 7) is 2.10. The SMILES string of the molecule is Cc1cnc(CNC(=O)NC(=O)/C=C/C(=O)O)s1. The van der Waals surface area contributed by atoms with E-state index in [0.29, 0.717) is 6.08 Å². The summed E-state index contributed by atoms with van der Waals surface area (Å²) in [6.07, 6.45) is 3.09. The van der Waals surface area contributed by atoms with Gasteiger partial charge in [-0.15, -0.1) is 11.3 Å². The average molecular weight is 269 g/mol. The van der Waals surface area contributed by atoms with Crippen molar-refractivity contribution in [1.29, 1.82) is 0 Å². The smallest absolute Gasteiger partial charge is 0.328 e. The second-order valence-corrected chi connectivity index (χ2v) is 4.53. The van der Waals surface area contributed by atoms with Crippen molar-refractivity contribution >= 4 is 29.2 Å². The number of aryl methyl sites for hydroxylation is 1. The van der Waals surface area contributed by atoms with Gasteiger partial charge in [0, 0.05) is 23.2 Å². The van der Waals surface area contributed by atoms with Crippen LogP contribution in [0.25, 0.3) is 0 Å². The Morgan fingerprint density at radius 1 is 1.44 bits per heavy atom. The predicted octanol–water partition coefficient (Wildman–Crippen LogP) is 0.418. The van der Waals surface area contributed by atoms with Crippen LogP contribution in [0.5, 0.6) is 0 Å². The van der Waals surface area contributed by atoms with Gasteiger partial charge in [0.1, 0.15) is 5.01 Å². The van der Waals surface area contributed by atoms with Crippen LogP contribution < -0.4 is 10.6 Å². The minimum atomic E-state index is -1.26. The van der Waals surface area contributed by atoms with Gasteiger partial charge in [-0.05, 0) is 6.92 Å². The first kappa shape index (κ1) is 13.8. The van der Waals surface area contributed by atoms with Crippen molar-refractivity contribution in [2.75, 3.05) is 0 Å². The Bertz CT molecular complexity index is 495. The number of urea groups is 1. The zero-order chi connectivity index (χ0) is 13.5. The fraction of sp³-hybridized carbons (Fsp3) is 0.200. The molecular formula is C10H11N3O4S. The van der Waals surface area contributed by atoms with E-state index in [9.17, 15) is 14.4 Å². The van der Waals surface area contributed by atoms with Crippen molar-refractivity contribution in [1.82, 2.24) is 15.6 Å². The van der Waals surface area contributed by atoms with Crippen molar-refractivity contribution in [3.05, 3.63) is 28.2 Å². The quantitative estimate of drug-likeness (QED) is 0.686. The lowest BCUT2D eigenvalue weighted by molar-refractivity contribution is -0.131. The first-order valence-electron chi connectivity index (χ1n) is 4.88. The monoisotopic (exact) mass is 269 g/mol. The van der Waals surface area contributed by atoms with Gasteiger partial charge in [0.2, 0.25) is 0 Å². The molecule has 0 aliphatic rings. The Hall–Kier alpha value is -2.22. The Balaban J connectivity index is 2.33. The van der Waals surface area contributed by atoms with Crippen LogP contribution in [0.2, 0.25) is 0 Å². The summed E-state index contributed by atoms with van der Waals surface area (Å²) in [7, 11) is 0. The first-order valence-corrected chi connectivity index (χ1v) is 5.70. The van der Waals surface area contributed by atoms with Crippen LogP contribution in [-0.2, 0) is 16.1 Å². The number of hydrogen-bond donors (Lipinski definition) is 3. The Kier molecular flexibility index (Phi) is 5.00. The van der Waals surface area contributed by atoms with Crippen LogP contribution in [0.15, 0.2) is 18.3 Å². The third-order valence-electron chi connectivity index (χ3n) is 1.68. The van der Waals surface area contributed by atoms with Gasteiger partial charge in [0.25, 0.3) is 5.91 Å². The van der Waals surface area contributed by atoms with Gasteiger partial charge in [-0.25, -0.2) is 14.6 Å². The predicted molar refractivity (Wildman–Crippen MR) is 64.0 cm³/mol. The number of thiazole rings is 1. The first-order chi connectivity index (χ1) is 8.47. The van der Waals surface area contributed by atoms with Gasteiger partial charge < -0.3 is 10.4 Å². The molecule has 18 heavy (non-hydrogen) atoms. The Morgan fingerprint density at radius 2 is 2.17 bits per heavy atom. The van der Waals surface area contributed by atoms with E-state index in [1.54, 1.807) is 6.20 Å². The van der Waals surface area contributed by atoms with E-state index in [1.807, 2.05) is 12.2 Å². The zero-order valence-corrected chi connectivity index (χ0v) is 10.3. The Morgan fingerprint density at radius 3 is 2.72 bits per heavy atom. The molecule has 3 N–H and O–H groups in total. The Labute approximate surface area is 107 Å². The minimum absolute atomic E-state index is 0.209. The molecule has 96 valence electrons. The van der Waals surface area contributed by atoms with Crippen molar-refractivity contribution < 1.29 is 19.5 Å². The number of aliphatic carboxylic acids is 1. The highest BCUT2D eigenvalue weighted by atomic mass is 32.1. The van der Waals surface area contributed by atoms with E-state index in [0.717, 1.165) is 16.0 Å². The van der Waals surface area contributed by atoms with Gasteiger partial charge in [-0.1, -0.05) is 0 Å². The van der Waals surface area contributed by atoms with Gasteiger partial charge >= 0.3 is 12.0 Å². The number of carboxylic acids is 1. The lowest BCUT2D eigenvalue weighted by atomic mass is 10.5. The molecule has 0 atom stereocenters. The molecule has 1 aromatic heterocycles. The summed E-state index contributed by atoms with van der Waals surface area (Å²) < 4.78 is 0. The van der Waals surface area contributed by atoms with Crippen molar-refractivity contribution in [2.24, 2.45) is 0 Å². The maximum atomic E-state index is 11.2. The summed E-state index contributed by atoms with van der Waals surface area (Å²) in [5, 5.41) is 13.4. The van der Waals surface area contributed by atoms with Crippen LogP contribution in [0.4, 0.5) is 4.79 Å².